The zero-order valence-corrected chi connectivity index (χ0v) is 30.7. The summed E-state index contributed by atoms with van der Waals surface area (Å²) in [5.74, 6) is -2.84. The number of rotatable bonds is 15. The SMILES string of the molecule is Cc1ccc(S(=O)(=O)Oc2ccc(/C=N\NC(=O)C(C(=O)N/N=C\c3ccc(OS(=O)(=O)c4ccc(C)c([N+](=O)[O-])c4)cc3)C3CCC3)cc2)cc1[N+](=O)[O-]. The second kappa shape index (κ2) is 16.6. The van der Waals surface area contributed by atoms with Crippen LogP contribution in [0, 0.1) is 45.9 Å². The standard InChI is InChI=1S/C35H32N6O12S2/c1-22-6-16-29(18-31(22)40(44)45)54(48,49)52-27-12-8-24(9-13-27)20-36-38-34(42)33(26-4-3-5-26)35(43)39-37-21-25-10-14-28(15-11-25)53-55(50,51)30-17-7-23(2)32(19-30)41(46)47/h6-21,26,33H,3-5H2,1-2H3,(H,38,42)(H,39,43)/b36-20-,37-21-. The van der Waals surface area contributed by atoms with Gasteiger partial charge in [0, 0.05) is 23.3 Å². The first-order chi connectivity index (χ1) is 26.0. The molecule has 2 N–H and O–H groups in total. The molecule has 4 aromatic rings. The number of benzene rings is 4. The van der Waals surface area contributed by atoms with E-state index in [0.29, 0.717) is 24.0 Å². The number of aryl methyl sites for hydroxylation is 2. The number of hydrazone groups is 2. The summed E-state index contributed by atoms with van der Waals surface area (Å²) in [6.07, 6.45) is 4.66. The highest BCUT2D eigenvalue weighted by molar-refractivity contribution is 7.87. The molecular formula is C35H32N6O12S2. The van der Waals surface area contributed by atoms with Crippen molar-refractivity contribution in [3.05, 3.63) is 127 Å². The van der Waals surface area contributed by atoms with Crippen LogP contribution in [-0.2, 0) is 29.8 Å². The molecule has 286 valence electrons. The molecule has 0 heterocycles. The highest BCUT2D eigenvalue weighted by Crippen LogP contribution is 2.34. The van der Waals surface area contributed by atoms with E-state index in [2.05, 4.69) is 21.1 Å². The van der Waals surface area contributed by atoms with E-state index in [1.165, 1.54) is 99.1 Å². The highest BCUT2D eigenvalue weighted by atomic mass is 32.2. The second-order valence-corrected chi connectivity index (χ2v) is 15.4. The van der Waals surface area contributed by atoms with Crippen LogP contribution < -0.4 is 19.2 Å². The fourth-order valence-electron chi connectivity index (χ4n) is 5.25. The molecule has 0 spiro atoms. The van der Waals surface area contributed by atoms with Crippen molar-refractivity contribution in [3.8, 4) is 11.5 Å². The third kappa shape index (κ3) is 9.91. The quantitative estimate of drug-likeness (QED) is 0.0547. The van der Waals surface area contributed by atoms with E-state index in [1.54, 1.807) is 0 Å². The summed E-state index contributed by atoms with van der Waals surface area (Å²) in [6, 6.07) is 18.0. The Hall–Kier alpha value is -6.54. The molecule has 0 radical (unpaired) electrons. The van der Waals surface area contributed by atoms with Crippen molar-refractivity contribution in [1.82, 2.24) is 10.9 Å². The maximum Gasteiger partial charge on any atom is 0.339 e. The number of amides is 2. The van der Waals surface area contributed by atoms with E-state index in [1.807, 2.05) is 0 Å². The molecule has 2 amide bonds. The maximum absolute atomic E-state index is 13.0. The number of hydrogen-bond acceptors (Lipinski definition) is 14. The number of nitro groups is 2. The van der Waals surface area contributed by atoms with E-state index in [4.69, 9.17) is 8.37 Å². The van der Waals surface area contributed by atoms with Crippen LogP contribution in [0.5, 0.6) is 11.5 Å². The number of carbonyl (C=O) groups is 2. The second-order valence-electron chi connectivity index (χ2n) is 12.3. The van der Waals surface area contributed by atoms with Crippen molar-refractivity contribution in [2.75, 3.05) is 0 Å². The van der Waals surface area contributed by atoms with Gasteiger partial charge in [-0.2, -0.15) is 27.0 Å². The molecule has 1 fully saturated rings. The Kier molecular flexibility index (Phi) is 12.0. The van der Waals surface area contributed by atoms with Crippen LogP contribution in [0.25, 0.3) is 0 Å². The van der Waals surface area contributed by atoms with Gasteiger partial charge in [0.25, 0.3) is 23.2 Å². The molecule has 1 saturated carbocycles. The molecule has 1 aliphatic carbocycles. The molecule has 0 atom stereocenters. The lowest BCUT2D eigenvalue weighted by Gasteiger charge is -2.30. The first kappa shape index (κ1) is 39.7. The predicted molar refractivity (Wildman–Crippen MR) is 196 cm³/mol. The third-order valence-electron chi connectivity index (χ3n) is 8.47. The molecule has 20 heteroatoms. The minimum Gasteiger partial charge on any atom is -0.379 e. The van der Waals surface area contributed by atoms with Gasteiger partial charge in [-0.15, -0.1) is 0 Å². The van der Waals surface area contributed by atoms with Crippen LogP contribution in [0.4, 0.5) is 11.4 Å². The Morgan fingerprint density at radius 1 is 0.691 bits per heavy atom. The number of hydrogen-bond donors (Lipinski definition) is 2. The number of nitrogens with zero attached hydrogens (tertiary/aromatic N) is 4. The lowest BCUT2D eigenvalue weighted by atomic mass is 9.75. The molecule has 4 aromatic carbocycles. The lowest BCUT2D eigenvalue weighted by molar-refractivity contribution is -0.385. The van der Waals surface area contributed by atoms with Crippen LogP contribution in [0.15, 0.2) is 105 Å². The maximum atomic E-state index is 13.0. The summed E-state index contributed by atoms with van der Waals surface area (Å²) in [7, 11) is -8.76. The van der Waals surface area contributed by atoms with E-state index < -0.39 is 47.8 Å². The van der Waals surface area contributed by atoms with Crippen molar-refractivity contribution >= 4 is 55.9 Å². The van der Waals surface area contributed by atoms with Crippen molar-refractivity contribution in [3.63, 3.8) is 0 Å². The zero-order chi connectivity index (χ0) is 39.9. The molecule has 55 heavy (non-hydrogen) atoms. The van der Waals surface area contributed by atoms with Gasteiger partial charge in [-0.05, 0) is 104 Å². The lowest BCUT2D eigenvalue weighted by Crippen LogP contribution is -2.44. The van der Waals surface area contributed by atoms with Gasteiger partial charge in [-0.1, -0.05) is 18.6 Å². The van der Waals surface area contributed by atoms with Gasteiger partial charge >= 0.3 is 20.2 Å². The van der Waals surface area contributed by atoms with E-state index in [-0.39, 0.29) is 49.7 Å². The smallest absolute Gasteiger partial charge is 0.339 e. The Morgan fingerprint density at radius 2 is 1.07 bits per heavy atom. The normalized spacial score (nSPS) is 13.4. The first-order valence-electron chi connectivity index (χ1n) is 16.3. The van der Waals surface area contributed by atoms with Crippen molar-refractivity contribution in [2.24, 2.45) is 22.0 Å². The number of nitro benzene ring substituents is 2. The third-order valence-corrected chi connectivity index (χ3v) is 11.0. The number of nitrogens with one attached hydrogen (secondary N) is 2. The molecule has 5 rings (SSSR count). The van der Waals surface area contributed by atoms with Gasteiger partial charge in [0.2, 0.25) is 0 Å². The topological polar surface area (TPSA) is 256 Å². The fraction of sp³-hybridized carbons (Fsp3) is 0.200. The molecular weight excluding hydrogens is 761 g/mol. The van der Waals surface area contributed by atoms with E-state index in [0.717, 1.165) is 18.6 Å². The molecule has 0 bridgehead atoms. The van der Waals surface area contributed by atoms with Gasteiger partial charge in [0.15, 0.2) is 0 Å². The summed E-state index contributed by atoms with van der Waals surface area (Å²) in [5.41, 5.74) is 5.43. The summed E-state index contributed by atoms with van der Waals surface area (Å²) in [4.78, 5) is 46.3. The van der Waals surface area contributed by atoms with Crippen molar-refractivity contribution in [1.29, 1.82) is 0 Å². The minimum absolute atomic E-state index is 0.0721. The van der Waals surface area contributed by atoms with Crippen LogP contribution in [-0.4, -0.2) is 50.9 Å². The van der Waals surface area contributed by atoms with Gasteiger partial charge in [-0.3, -0.25) is 29.8 Å². The summed E-state index contributed by atoms with van der Waals surface area (Å²) in [5, 5.41) is 30.3. The van der Waals surface area contributed by atoms with Crippen LogP contribution >= 0.6 is 0 Å². The Balaban J connectivity index is 1.15. The average molecular weight is 793 g/mol. The first-order valence-corrected chi connectivity index (χ1v) is 19.1. The highest BCUT2D eigenvalue weighted by Gasteiger charge is 2.38. The predicted octanol–water partition coefficient (Wildman–Crippen LogP) is 4.67. The van der Waals surface area contributed by atoms with Gasteiger partial charge in [-0.25, -0.2) is 10.9 Å². The minimum atomic E-state index is -4.38. The molecule has 0 saturated heterocycles. The Labute approximate surface area is 314 Å². The summed E-state index contributed by atoms with van der Waals surface area (Å²) < 4.78 is 61.0. The molecule has 1 aliphatic rings. The molecule has 0 unspecified atom stereocenters. The summed E-state index contributed by atoms with van der Waals surface area (Å²) >= 11 is 0. The number of carbonyl (C=O) groups excluding carboxylic acids is 2. The molecule has 18 nitrogen and oxygen atoms in total. The van der Waals surface area contributed by atoms with E-state index >= 15 is 0 Å². The Morgan fingerprint density at radius 3 is 1.40 bits per heavy atom. The van der Waals surface area contributed by atoms with Gasteiger partial charge < -0.3 is 8.37 Å². The fourth-order valence-corrected chi connectivity index (χ4v) is 7.15. The zero-order valence-electron chi connectivity index (χ0n) is 29.0. The Bertz CT molecular complexity index is 2250. The molecule has 0 aliphatic heterocycles. The van der Waals surface area contributed by atoms with Gasteiger partial charge in [0.05, 0.1) is 22.3 Å². The van der Waals surface area contributed by atoms with Crippen LogP contribution in [0.2, 0.25) is 0 Å². The van der Waals surface area contributed by atoms with E-state index in [9.17, 15) is 46.7 Å². The molecule has 0 aromatic heterocycles. The largest absolute Gasteiger partial charge is 0.379 e. The van der Waals surface area contributed by atoms with Crippen molar-refractivity contribution in [2.45, 2.75) is 42.9 Å². The van der Waals surface area contributed by atoms with Crippen LogP contribution in [0.3, 0.4) is 0 Å². The van der Waals surface area contributed by atoms with Crippen LogP contribution in [0.1, 0.15) is 41.5 Å². The average Bonchev–Trinajstić information content (AvgIpc) is 3.10. The van der Waals surface area contributed by atoms with Gasteiger partial charge in [0.1, 0.15) is 27.2 Å². The monoisotopic (exact) mass is 792 g/mol. The van der Waals surface area contributed by atoms with Crippen molar-refractivity contribution < 1.29 is 44.6 Å². The summed E-state index contributed by atoms with van der Waals surface area (Å²) in [6.45, 7) is 2.96.